The fourth-order valence-electron chi connectivity index (χ4n) is 1.10. The van der Waals surface area contributed by atoms with Crippen LogP contribution >= 0.6 is 11.8 Å². The highest BCUT2D eigenvalue weighted by atomic mass is 32.2. The van der Waals surface area contributed by atoms with Crippen LogP contribution in [0.5, 0.6) is 0 Å². The summed E-state index contributed by atoms with van der Waals surface area (Å²) in [5.41, 5.74) is -0.00644. The molecule has 1 rings (SSSR count). The third kappa shape index (κ3) is 4.88. The first-order chi connectivity index (χ1) is 8.29. The molecule has 9 heteroatoms. The van der Waals surface area contributed by atoms with Gasteiger partial charge < -0.3 is 4.98 Å². The van der Waals surface area contributed by atoms with Gasteiger partial charge in [0.05, 0.1) is 28.3 Å². The van der Waals surface area contributed by atoms with Gasteiger partial charge in [-0.3, -0.25) is 14.9 Å². The number of thioether (sulfide) groups is 1. The minimum atomic E-state index is -3.02. The highest BCUT2D eigenvalue weighted by Gasteiger charge is 2.14. The number of nitrogens with one attached hydrogen (secondary N) is 1. The van der Waals surface area contributed by atoms with Gasteiger partial charge in [0.1, 0.15) is 9.84 Å². The second-order valence-corrected chi connectivity index (χ2v) is 7.00. The summed E-state index contributed by atoms with van der Waals surface area (Å²) in [6, 6.07) is 1.17. The molecule has 100 valence electrons. The highest BCUT2D eigenvalue weighted by molar-refractivity contribution is 8.01. The lowest BCUT2D eigenvalue weighted by atomic mass is 10.3. The molecule has 0 aliphatic heterocycles. The SMILES string of the molecule is CS(=O)(=O)CCSCC(=O)c1cc([N+](=O)[O-])c[nH]1. The van der Waals surface area contributed by atoms with E-state index in [4.69, 9.17) is 0 Å². The number of hydrogen-bond donors (Lipinski definition) is 1. The number of ketones is 1. The summed E-state index contributed by atoms with van der Waals surface area (Å²) < 4.78 is 21.7. The molecule has 0 atom stereocenters. The van der Waals surface area contributed by atoms with E-state index in [1.165, 1.54) is 17.8 Å². The molecule has 1 aromatic rings. The largest absolute Gasteiger partial charge is 0.353 e. The van der Waals surface area contributed by atoms with Crippen molar-refractivity contribution in [1.82, 2.24) is 4.98 Å². The summed E-state index contributed by atoms with van der Waals surface area (Å²) in [5, 5.41) is 10.4. The van der Waals surface area contributed by atoms with E-state index in [1.807, 2.05) is 0 Å². The number of rotatable bonds is 7. The predicted molar refractivity (Wildman–Crippen MR) is 68.8 cm³/mol. The Morgan fingerprint density at radius 3 is 2.72 bits per heavy atom. The Balaban J connectivity index is 2.43. The maximum absolute atomic E-state index is 11.6. The average Bonchev–Trinajstić information content (AvgIpc) is 2.72. The molecule has 1 N–H and O–H groups in total. The molecule has 0 saturated heterocycles. The van der Waals surface area contributed by atoms with E-state index in [2.05, 4.69) is 4.98 Å². The van der Waals surface area contributed by atoms with Gasteiger partial charge >= 0.3 is 0 Å². The number of H-pyrrole nitrogens is 1. The number of aromatic nitrogens is 1. The van der Waals surface area contributed by atoms with Crippen molar-refractivity contribution in [1.29, 1.82) is 0 Å². The highest BCUT2D eigenvalue weighted by Crippen LogP contribution is 2.14. The van der Waals surface area contributed by atoms with Gasteiger partial charge in [-0.15, -0.1) is 0 Å². The summed E-state index contributed by atoms with van der Waals surface area (Å²) in [4.78, 5) is 23.9. The van der Waals surface area contributed by atoms with Crippen LogP contribution in [-0.2, 0) is 9.84 Å². The third-order valence-corrected chi connectivity index (χ3v) is 4.17. The second-order valence-electron chi connectivity index (χ2n) is 3.63. The Labute approximate surface area is 108 Å². The molecule has 0 fully saturated rings. The molecule has 0 aliphatic carbocycles. The fraction of sp³-hybridized carbons (Fsp3) is 0.444. The zero-order valence-electron chi connectivity index (χ0n) is 9.58. The van der Waals surface area contributed by atoms with E-state index < -0.39 is 14.8 Å². The van der Waals surface area contributed by atoms with E-state index in [9.17, 15) is 23.3 Å². The van der Waals surface area contributed by atoms with Gasteiger partial charge in [-0.2, -0.15) is 11.8 Å². The van der Waals surface area contributed by atoms with Gasteiger partial charge in [-0.1, -0.05) is 0 Å². The topological polar surface area (TPSA) is 110 Å². The molecule has 0 aliphatic rings. The summed E-state index contributed by atoms with van der Waals surface area (Å²) in [5.74, 6) is 0.137. The van der Waals surface area contributed by atoms with Crippen LogP contribution in [0.2, 0.25) is 0 Å². The molecular formula is C9H12N2O5S2. The van der Waals surface area contributed by atoms with Crippen LogP contribution in [0.4, 0.5) is 5.69 Å². The summed E-state index contributed by atoms with van der Waals surface area (Å²) in [7, 11) is -3.02. The van der Waals surface area contributed by atoms with E-state index in [1.54, 1.807) is 0 Å². The van der Waals surface area contributed by atoms with Crippen molar-refractivity contribution in [2.75, 3.05) is 23.5 Å². The number of carbonyl (C=O) groups is 1. The lowest BCUT2D eigenvalue weighted by Crippen LogP contribution is -2.08. The molecule has 0 aromatic carbocycles. The van der Waals surface area contributed by atoms with Crippen molar-refractivity contribution >= 4 is 33.1 Å². The maximum Gasteiger partial charge on any atom is 0.287 e. The van der Waals surface area contributed by atoms with Crippen molar-refractivity contribution in [3.8, 4) is 0 Å². The lowest BCUT2D eigenvalue weighted by molar-refractivity contribution is -0.384. The molecule has 18 heavy (non-hydrogen) atoms. The van der Waals surface area contributed by atoms with Gasteiger partial charge in [0.15, 0.2) is 5.78 Å². The second kappa shape index (κ2) is 6.01. The Kier molecular flexibility index (Phi) is 4.91. The maximum atomic E-state index is 11.6. The van der Waals surface area contributed by atoms with Crippen LogP contribution in [-0.4, -0.2) is 47.6 Å². The molecule has 0 saturated carbocycles. The molecule has 1 aromatic heterocycles. The Morgan fingerprint density at radius 1 is 1.56 bits per heavy atom. The van der Waals surface area contributed by atoms with E-state index >= 15 is 0 Å². The van der Waals surface area contributed by atoms with Crippen LogP contribution in [0.1, 0.15) is 10.5 Å². The van der Waals surface area contributed by atoms with Gasteiger partial charge in [0.25, 0.3) is 5.69 Å². The summed E-state index contributed by atoms with van der Waals surface area (Å²) >= 11 is 1.18. The zero-order valence-corrected chi connectivity index (χ0v) is 11.2. The minimum Gasteiger partial charge on any atom is -0.353 e. The molecule has 1 heterocycles. The fourth-order valence-corrected chi connectivity index (χ4v) is 3.27. The van der Waals surface area contributed by atoms with Gasteiger partial charge in [0.2, 0.25) is 0 Å². The van der Waals surface area contributed by atoms with Gasteiger partial charge in [-0.25, -0.2) is 8.42 Å². The molecule has 0 unspecified atom stereocenters. The quantitative estimate of drug-likeness (QED) is 0.346. The number of carbonyl (C=O) groups excluding carboxylic acids is 1. The van der Waals surface area contributed by atoms with Crippen molar-refractivity contribution in [3.05, 3.63) is 28.1 Å². The summed E-state index contributed by atoms with van der Waals surface area (Å²) in [6.07, 6.45) is 2.28. The number of nitro groups is 1. The first-order valence-electron chi connectivity index (χ1n) is 4.91. The summed E-state index contributed by atoms with van der Waals surface area (Å²) in [6.45, 7) is 0. The lowest BCUT2D eigenvalue weighted by Gasteiger charge is -1.98. The van der Waals surface area contributed by atoms with E-state index in [0.717, 1.165) is 12.5 Å². The monoisotopic (exact) mass is 292 g/mol. The van der Waals surface area contributed by atoms with Crippen LogP contribution < -0.4 is 0 Å². The normalized spacial score (nSPS) is 11.4. The zero-order chi connectivity index (χ0) is 13.8. The number of nitrogens with zero attached hydrogens (tertiary/aromatic N) is 1. The van der Waals surface area contributed by atoms with Gasteiger partial charge in [-0.05, 0) is 0 Å². The Hall–Kier alpha value is -1.35. The molecule has 0 radical (unpaired) electrons. The van der Waals surface area contributed by atoms with Crippen molar-refractivity contribution in [2.24, 2.45) is 0 Å². The Bertz CT molecular complexity index is 549. The van der Waals surface area contributed by atoms with Crippen LogP contribution in [0.3, 0.4) is 0 Å². The Morgan fingerprint density at radius 2 is 2.22 bits per heavy atom. The molecule has 7 nitrogen and oxygen atoms in total. The minimum absolute atomic E-state index is 0.00974. The van der Waals surface area contributed by atoms with Crippen LogP contribution in [0.15, 0.2) is 12.3 Å². The van der Waals surface area contributed by atoms with E-state index in [-0.39, 0.29) is 28.7 Å². The third-order valence-electron chi connectivity index (χ3n) is 2.01. The average molecular weight is 292 g/mol. The molecule has 0 amide bonds. The van der Waals surface area contributed by atoms with E-state index in [0.29, 0.717) is 5.75 Å². The first-order valence-corrected chi connectivity index (χ1v) is 8.12. The van der Waals surface area contributed by atoms with Crippen molar-refractivity contribution in [3.63, 3.8) is 0 Å². The standard InChI is InChI=1S/C9H12N2O5S2/c1-18(15,16)3-2-17-6-9(12)8-4-7(5-10-8)11(13)14/h4-5,10H,2-3,6H2,1H3. The molecule has 0 spiro atoms. The predicted octanol–water partition coefficient (Wildman–Crippen LogP) is 0.883. The van der Waals surface area contributed by atoms with Crippen molar-refractivity contribution < 1.29 is 18.1 Å². The van der Waals surface area contributed by atoms with Crippen molar-refractivity contribution in [2.45, 2.75) is 0 Å². The van der Waals surface area contributed by atoms with Crippen LogP contribution in [0, 0.1) is 10.1 Å². The van der Waals surface area contributed by atoms with Crippen LogP contribution in [0.25, 0.3) is 0 Å². The number of sulfone groups is 1. The molecular weight excluding hydrogens is 280 g/mol. The van der Waals surface area contributed by atoms with Gasteiger partial charge in [0, 0.05) is 18.1 Å². The number of Topliss-reactive ketones (excluding diaryl/α,β-unsaturated/α-hetero) is 1. The number of hydrogen-bond acceptors (Lipinski definition) is 6. The molecule has 0 bridgehead atoms. The number of aromatic amines is 1. The first kappa shape index (κ1) is 14.7. The smallest absolute Gasteiger partial charge is 0.287 e.